The third-order valence-electron chi connectivity index (χ3n) is 4.45. The maximum atomic E-state index is 12.9. The molecule has 32 heavy (non-hydrogen) atoms. The molecule has 1 aromatic heterocycles. The first kappa shape index (κ1) is 24.6. The first-order valence-electron chi connectivity index (χ1n) is 9.28. The molecule has 3 aromatic rings. The van der Waals surface area contributed by atoms with Gasteiger partial charge in [0.2, 0.25) is 15.9 Å². The Morgan fingerprint density at radius 2 is 1.62 bits per heavy atom. The number of carbonyl (C=O) groups excluding carboxylic acids is 1. The zero-order valence-corrected chi connectivity index (χ0v) is 20.6. The van der Waals surface area contributed by atoms with Gasteiger partial charge < -0.3 is 5.32 Å². The van der Waals surface area contributed by atoms with E-state index in [1.807, 2.05) is 0 Å². The Morgan fingerprint density at radius 3 is 2.19 bits per heavy atom. The van der Waals surface area contributed by atoms with Gasteiger partial charge >= 0.3 is 0 Å². The van der Waals surface area contributed by atoms with Crippen molar-refractivity contribution in [3.8, 4) is 0 Å². The van der Waals surface area contributed by atoms with Crippen LogP contribution < -0.4 is 15.2 Å². The molecule has 1 unspecified atom stereocenters. The standard InChI is InChI=1S/C20H20BrN3O5S3/c21-17-10-11-18(30-17)32(28,29)24-19(15-4-2-1-3-5-15)20(25)23-13-12-14-6-8-16(9-7-14)31(22,26)27/h1-11,19,24H,12-13H2,(H,23,25)(H2,22,26,27). The maximum absolute atomic E-state index is 12.9. The van der Waals surface area contributed by atoms with Gasteiger partial charge in [0, 0.05) is 6.54 Å². The second-order valence-electron chi connectivity index (χ2n) is 6.75. The molecule has 0 spiro atoms. The van der Waals surface area contributed by atoms with Gasteiger partial charge in [0.1, 0.15) is 10.3 Å². The van der Waals surface area contributed by atoms with Crippen molar-refractivity contribution in [3.05, 3.63) is 81.6 Å². The summed E-state index contributed by atoms with van der Waals surface area (Å²) in [6, 6.07) is 16.5. The molecule has 1 heterocycles. The molecule has 1 amide bonds. The molecule has 0 bridgehead atoms. The molecule has 3 rings (SSSR count). The summed E-state index contributed by atoms with van der Waals surface area (Å²) in [5.74, 6) is -0.503. The average molecular weight is 559 g/mol. The van der Waals surface area contributed by atoms with Gasteiger partial charge in [0.15, 0.2) is 0 Å². The molecule has 170 valence electrons. The second-order valence-corrected chi connectivity index (χ2v) is 12.7. The first-order valence-corrected chi connectivity index (χ1v) is 13.9. The highest BCUT2D eigenvalue weighted by Gasteiger charge is 2.28. The number of hydrogen-bond acceptors (Lipinski definition) is 6. The van der Waals surface area contributed by atoms with Crippen LogP contribution in [0.2, 0.25) is 0 Å². The van der Waals surface area contributed by atoms with E-state index < -0.39 is 32.0 Å². The van der Waals surface area contributed by atoms with E-state index in [9.17, 15) is 21.6 Å². The molecule has 4 N–H and O–H groups in total. The van der Waals surface area contributed by atoms with Crippen molar-refractivity contribution in [3.63, 3.8) is 0 Å². The number of sulfonamides is 2. The van der Waals surface area contributed by atoms with Crippen molar-refractivity contribution in [2.75, 3.05) is 6.54 Å². The summed E-state index contributed by atoms with van der Waals surface area (Å²) in [7, 11) is -7.69. The van der Waals surface area contributed by atoms with Crippen LogP contribution in [0.4, 0.5) is 0 Å². The molecule has 1 atom stereocenters. The third kappa shape index (κ3) is 6.47. The van der Waals surface area contributed by atoms with Crippen LogP contribution in [0.1, 0.15) is 17.2 Å². The van der Waals surface area contributed by atoms with Gasteiger partial charge in [-0.05, 0) is 57.7 Å². The molecular formula is C20H20BrN3O5S3. The Labute approximate surface area is 199 Å². The van der Waals surface area contributed by atoms with Crippen molar-refractivity contribution in [2.24, 2.45) is 5.14 Å². The van der Waals surface area contributed by atoms with Crippen LogP contribution in [-0.2, 0) is 31.3 Å². The van der Waals surface area contributed by atoms with Crippen LogP contribution in [0.5, 0.6) is 0 Å². The quantitative estimate of drug-likeness (QED) is 0.371. The van der Waals surface area contributed by atoms with E-state index in [-0.39, 0.29) is 15.6 Å². The zero-order chi connectivity index (χ0) is 23.4. The topological polar surface area (TPSA) is 135 Å². The minimum atomic E-state index is -3.92. The number of amides is 1. The summed E-state index contributed by atoms with van der Waals surface area (Å²) in [5.41, 5.74) is 1.29. The van der Waals surface area contributed by atoms with E-state index >= 15 is 0 Å². The Hall–Kier alpha value is -2.09. The number of benzene rings is 2. The van der Waals surface area contributed by atoms with E-state index in [1.165, 1.54) is 18.2 Å². The highest BCUT2D eigenvalue weighted by atomic mass is 79.9. The highest BCUT2D eigenvalue weighted by Crippen LogP contribution is 2.27. The number of thiophene rings is 1. The Morgan fingerprint density at radius 1 is 0.969 bits per heavy atom. The lowest BCUT2D eigenvalue weighted by Gasteiger charge is -2.18. The summed E-state index contributed by atoms with van der Waals surface area (Å²) in [6.45, 7) is 0.225. The van der Waals surface area contributed by atoms with E-state index in [2.05, 4.69) is 26.0 Å². The molecule has 0 saturated heterocycles. The molecule has 0 aliphatic carbocycles. The fourth-order valence-electron chi connectivity index (χ4n) is 2.85. The first-order chi connectivity index (χ1) is 15.1. The molecule has 0 fully saturated rings. The summed E-state index contributed by atoms with van der Waals surface area (Å²) < 4.78 is 51.5. The lowest BCUT2D eigenvalue weighted by molar-refractivity contribution is -0.122. The molecule has 0 aliphatic rings. The van der Waals surface area contributed by atoms with Crippen LogP contribution in [0.3, 0.4) is 0 Å². The minimum Gasteiger partial charge on any atom is -0.354 e. The second kappa shape index (κ2) is 10.2. The summed E-state index contributed by atoms with van der Waals surface area (Å²) in [4.78, 5) is 12.9. The van der Waals surface area contributed by atoms with Crippen LogP contribution in [0.15, 0.2) is 79.6 Å². The minimum absolute atomic E-state index is 0.00375. The average Bonchev–Trinajstić information content (AvgIpc) is 3.20. The molecule has 12 heteroatoms. The van der Waals surface area contributed by atoms with Gasteiger partial charge in [0.25, 0.3) is 10.0 Å². The number of nitrogens with two attached hydrogens (primary N) is 1. The Bertz CT molecular complexity index is 1290. The van der Waals surface area contributed by atoms with Crippen LogP contribution >= 0.6 is 27.3 Å². The monoisotopic (exact) mass is 557 g/mol. The van der Waals surface area contributed by atoms with E-state index in [1.54, 1.807) is 48.5 Å². The molecule has 0 aliphatic heterocycles. The largest absolute Gasteiger partial charge is 0.354 e. The number of nitrogens with one attached hydrogen (secondary N) is 2. The lowest BCUT2D eigenvalue weighted by Crippen LogP contribution is -2.40. The van der Waals surface area contributed by atoms with Crippen molar-refractivity contribution in [1.29, 1.82) is 0 Å². The van der Waals surface area contributed by atoms with E-state index in [0.717, 1.165) is 16.9 Å². The Kier molecular flexibility index (Phi) is 7.85. The van der Waals surface area contributed by atoms with Gasteiger partial charge in [-0.1, -0.05) is 42.5 Å². The van der Waals surface area contributed by atoms with Crippen molar-refractivity contribution >= 4 is 53.2 Å². The maximum Gasteiger partial charge on any atom is 0.251 e. The molecular weight excluding hydrogens is 538 g/mol. The molecule has 0 radical (unpaired) electrons. The van der Waals surface area contributed by atoms with Gasteiger partial charge in [-0.25, -0.2) is 22.0 Å². The van der Waals surface area contributed by atoms with E-state index in [4.69, 9.17) is 5.14 Å². The molecule has 0 saturated carbocycles. The number of halogens is 1. The van der Waals surface area contributed by atoms with Gasteiger partial charge in [0.05, 0.1) is 8.68 Å². The van der Waals surface area contributed by atoms with Crippen molar-refractivity contribution in [1.82, 2.24) is 10.0 Å². The molecule has 2 aromatic carbocycles. The zero-order valence-electron chi connectivity index (χ0n) is 16.6. The fourth-order valence-corrected chi connectivity index (χ4v) is 6.58. The third-order valence-corrected chi connectivity index (χ3v) is 8.91. The highest BCUT2D eigenvalue weighted by molar-refractivity contribution is 9.11. The van der Waals surface area contributed by atoms with Crippen molar-refractivity contribution in [2.45, 2.75) is 21.6 Å². The van der Waals surface area contributed by atoms with Crippen LogP contribution in [-0.4, -0.2) is 29.3 Å². The van der Waals surface area contributed by atoms with Crippen LogP contribution in [0, 0.1) is 0 Å². The fraction of sp³-hybridized carbons (Fsp3) is 0.150. The number of carbonyl (C=O) groups is 1. The molecule has 8 nitrogen and oxygen atoms in total. The van der Waals surface area contributed by atoms with Gasteiger partial charge in [-0.2, -0.15) is 4.72 Å². The van der Waals surface area contributed by atoms with Crippen molar-refractivity contribution < 1.29 is 21.6 Å². The predicted molar refractivity (Wildman–Crippen MR) is 126 cm³/mol. The number of primary sulfonamides is 1. The van der Waals surface area contributed by atoms with Gasteiger partial charge in [-0.15, -0.1) is 11.3 Å². The Balaban J connectivity index is 1.70. The van der Waals surface area contributed by atoms with Gasteiger partial charge in [-0.3, -0.25) is 4.79 Å². The van der Waals surface area contributed by atoms with Crippen LogP contribution in [0.25, 0.3) is 0 Å². The summed E-state index contributed by atoms with van der Waals surface area (Å²) >= 11 is 4.29. The summed E-state index contributed by atoms with van der Waals surface area (Å²) in [6.07, 6.45) is 0.419. The SMILES string of the molecule is NS(=O)(=O)c1ccc(CCNC(=O)C(NS(=O)(=O)c2ccc(Br)s2)c2ccccc2)cc1. The van der Waals surface area contributed by atoms with E-state index in [0.29, 0.717) is 15.8 Å². The normalized spacial score (nSPS) is 12.9. The predicted octanol–water partition coefficient (Wildman–Crippen LogP) is 2.54. The number of hydrogen-bond donors (Lipinski definition) is 3. The smallest absolute Gasteiger partial charge is 0.251 e. The summed E-state index contributed by atoms with van der Waals surface area (Å²) in [5, 5.41) is 7.83. The number of rotatable bonds is 9. The lowest BCUT2D eigenvalue weighted by atomic mass is 10.1.